The molecule has 1 rings (SSSR count). The van der Waals surface area contributed by atoms with Gasteiger partial charge in [-0.25, -0.2) is 0 Å². The Morgan fingerprint density at radius 1 is 1.67 bits per heavy atom. The smallest absolute Gasteiger partial charge is 0.0893 e. The van der Waals surface area contributed by atoms with E-state index in [1.807, 2.05) is 13.8 Å². The van der Waals surface area contributed by atoms with Gasteiger partial charge in [0.1, 0.15) is 0 Å². The van der Waals surface area contributed by atoms with Crippen LogP contribution in [-0.4, -0.2) is 22.9 Å². The van der Waals surface area contributed by atoms with Gasteiger partial charge in [-0.15, -0.1) is 0 Å². The van der Waals surface area contributed by atoms with Gasteiger partial charge in [0.05, 0.1) is 17.8 Å². The molecule has 1 aliphatic rings. The maximum atomic E-state index is 8.91. The van der Waals surface area contributed by atoms with E-state index < -0.39 is 0 Å². The van der Waals surface area contributed by atoms with Crippen LogP contribution in [0.2, 0.25) is 0 Å². The summed E-state index contributed by atoms with van der Waals surface area (Å²) in [7, 11) is 0. The van der Waals surface area contributed by atoms with Crippen molar-refractivity contribution in [3.05, 3.63) is 0 Å². The second-order valence-electron chi connectivity index (χ2n) is 3.29. The molecule has 2 unspecified atom stereocenters. The molecule has 2 nitrogen and oxygen atoms in total. The van der Waals surface area contributed by atoms with Gasteiger partial charge in [-0.3, -0.25) is 0 Å². The molecule has 2 atom stereocenters. The predicted octanol–water partition coefficient (Wildman–Crippen LogP) is 0.935. The zero-order valence-corrected chi connectivity index (χ0v) is 6.22. The van der Waals surface area contributed by atoms with Crippen LogP contribution in [0, 0.1) is 0 Å². The maximum absolute atomic E-state index is 8.91. The first-order valence-electron chi connectivity index (χ1n) is 3.38. The monoisotopic (exact) mass is 130 g/mol. The van der Waals surface area contributed by atoms with Gasteiger partial charge in [0, 0.05) is 6.42 Å². The van der Waals surface area contributed by atoms with Crippen molar-refractivity contribution in [3.63, 3.8) is 0 Å². The quantitative estimate of drug-likeness (QED) is 0.564. The number of rotatable bonds is 2. The Balaban J connectivity index is 2.20. The van der Waals surface area contributed by atoms with Crippen molar-refractivity contribution < 1.29 is 9.84 Å². The molecule has 0 aromatic heterocycles. The summed E-state index contributed by atoms with van der Waals surface area (Å²) in [6, 6.07) is 0. The molecular weight excluding hydrogens is 116 g/mol. The van der Waals surface area contributed by atoms with Gasteiger partial charge in [0.15, 0.2) is 0 Å². The molecule has 1 N–H and O–H groups in total. The molecule has 2 heteroatoms. The molecular formula is C7H14O2. The lowest BCUT2D eigenvalue weighted by Gasteiger charge is -1.99. The fraction of sp³-hybridized carbons (Fsp3) is 1.00. The molecule has 1 saturated heterocycles. The fourth-order valence-electron chi connectivity index (χ4n) is 0.974. The summed E-state index contributed by atoms with van der Waals surface area (Å²) in [5.41, 5.74) is 0.0387. The normalized spacial score (nSPS) is 34.0. The first-order chi connectivity index (χ1) is 4.02. The number of aliphatic hydroxyl groups excluding tert-OH is 1. The first kappa shape index (κ1) is 7.03. The highest BCUT2D eigenvalue weighted by atomic mass is 16.6. The molecule has 0 spiro atoms. The zero-order chi connectivity index (χ0) is 7.07. The van der Waals surface area contributed by atoms with Crippen LogP contribution >= 0.6 is 0 Å². The summed E-state index contributed by atoms with van der Waals surface area (Å²) in [5, 5.41) is 8.91. The van der Waals surface area contributed by atoms with E-state index in [4.69, 9.17) is 9.84 Å². The van der Waals surface area contributed by atoms with E-state index in [1.54, 1.807) is 6.92 Å². The van der Waals surface area contributed by atoms with Crippen LogP contribution in [0.1, 0.15) is 27.2 Å². The molecule has 0 amide bonds. The average Bonchev–Trinajstić information content (AvgIpc) is 2.10. The van der Waals surface area contributed by atoms with E-state index in [-0.39, 0.29) is 17.8 Å². The summed E-state index contributed by atoms with van der Waals surface area (Å²) in [5.74, 6) is 0. The Bertz CT molecular complexity index is 107. The van der Waals surface area contributed by atoms with Crippen LogP contribution in [0.4, 0.5) is 0 Å². The zero-order valence-electron chi connectivity index (χ0n) is 6.22. The summed E-state index contributed by atoms with van der Waals surface area (Å²) < 4.78 is 5.26. The summed E-state index contributed by atoms with van der Waals surface area (Å²) >= 11 is 0. The average molecular weight is 130 g/mol. The molecule has 1 fully saturated rings. The SMILES string of the molecule is CC(O)CC1OC1(C)C. The Morgan fingerprint density at radius 2 is 2.11 bits per heavy atom. The van der Waals surface area contributed by atoms with Crippen LogP contribution in [0.15, 0.2) is 0 Å². The number of hydrogen-bond donors (Lipinski definition) is 1. The van der Waals surface area contributed by atoms with Crippen molar-refractivity contribution in [2.75, 3.05) is 0 Å². The lowest BCUT2D eigenvalue weighted by atomic mass is 10.1. The summed E-state index contributed by atoms with van der Waals surface area (Å²) in [4.78, 5) is 0. The van der Waals surface area contributed by atoms with Crippen molar-refractivity contribution in [1.82, 2.24) is 0 Å². The lowest BCUT2D eigenvalue weighted by molar-refractivity contribution is 0.170. The van der Waals surface area contributed by atoms with Gasteiger partial charge < -0.3 is 9.84 Å². The highest BCUT2D eigenvalue weighted by Gasteiger charge is 2.47. The maximum Gasteiger partial charge on any atom is 0.0893 e. The molecule has 9 heavy (non-hydrogen) atoms. The minimum Gasteiger partial charge on any atom is -0.393 e. The van der Waals surface area contributed by atoms with Crippen LogP contribution in [-0.2, 0) is 4.74 Å². The third-order valence-corrected chi connectivity index (χ3v) is 1.72. The van der Waals surface area contributed by atoms with Gasteiger partial charge in [-0.05, 0) is 20.8 Å². The molecule has 1 heterocycles. The summed E-state index contributed by atoms with van der Waals surface area (Å²) in [6.45, 7) is 5.87. The van der Waals surface area contributed by atoms with Crippen molar-refractivity contribution in [1.29, 1.82) is 0 Å². The van der Waals surface area contributed by atoms with E-state index in [0.29, 0.717) is 0 Å². The number of ether oxygens (including phenoxy) is 1. The van der Waals surface area contributed by atoms with E-state index in [1.165, 1.54) is 0 Å². The van der Waals surface area contributed by atoms with Crippen molar-refractivity contribution in [2.45, 2.75) is 45.0 Å². The minimum atomic E-state index is -0.225. The third-order valence-electron chi connectivity index (χ3n) is 1.72. The fourth-order valence-corrected chi connectivity index (χ4v) is 0.974. The molecule has 0 radical (unpaired) electrons. The molecule has 0 aromatic carbocycles. The van der Waals surface area contributed by atoms with Crippen molar-refractivity contribution in [3.8, 4) is 0 Å². The summed E-state index contributed by atoms with van der Waals surface area (Å²) in [6.07, 6.45) is 0.835. The van der Waals surface area contributed by atoms with E-state index in [2.05, 4.69) is 0 Å². The van der Waals surface area contributed by atoms with Crippen LogP contribution in [0.3, 0.4) is 0 Å². The van der Waals surface area contributed by atoms with Crippen LogP contribution in [0.5, 0.6) is 0 Å². The van der Waals surface area contributed by atoms with Gasteiger partial charge in [0.2, 0.25) is 0 Å². The predicted molar refractivity (Wildman–Crippen MR) is 35.2 cm³/mol. The molecule has 0 aliphatic carbocycles. The molecule has 54 valence electrons. The highest BCUT2D eigenvalue weighted by molar-refractivity contribution is 4.95. The Labute approximate surface area is 55.8 Å². The number of hydrogen-bond acceptors (Lipinski definition) is 2. The second-order valence-corrected chi connectivity index (χ2v) is 3.29. The van der Waals surface area contributed by atoms with Crippen LogP contribution < -0.4 is 0 Å². The lowest BCUT2D eigenvalue weighted by Crippen LogP contribution is -2.10. The van der Waals surface area contributed by atoms with Gasteiger partial charge in [0.25, 0.3) is 0 Å². The van der Waals surface area contributed by atoms with Gasteiger partial charge >= 0.3 is 0 Å². The van der Waals surface area contributed by atoms with Crippen molar-refractivity contribution >= 4 is 0 Å². The highest BCUT2D eigenvalue weighted by Crippen LogP contribution is 2.38. The molecule has 0 bridgehead atoms. The molecule has 0 saturated carbocycles. The third kappa shape index (κ3) is 1.66. The first-order valence-corrected chi connectivity index (χ1v) is 3.38. The molecule has 1 aliphatic heterocycles. The Hall–Kier alpha value is -0.0800. The molecule has 0 aromatic rings. The number of epoxide rings is 1. The minimum absolute atomic E-state index is 0.0387. The van der Waals surface area contributed by atoms with Gasteiger partial charge in [-0.1, -0.05) is 0 Å². The topological polar surface area (TPSA) is 32.8 Å². The second kappa shape index (κ2) is 1.96. The van der Waals surface area contributed by atoms with E-state index in [0.717, 1.165) is 6.42 Å². The number of aliphatic hydroxyl groups is 1. The largest absolute Gasteiger partial charge is 0.393 e. The van der Waals surface area contributed by atoms with E-state index in [9.17, 15) is 0 Å². The van der Waals surface area contributed by atoms with Crippen LogP contribution in [0.25, 0.3) is 0 Å². The van der Waals surface area contributed by atoms with Crippen molar-refractivity contribution in [2.24, 2.45) is 0 Å². The van der Waals surface area contributed by atoms with E-state index >= 15 is 0 Å². The Kier molecular flexibility index (Phi) is 1.53. The Morgan fingerprint density at radius 3 is 2.22 bits per heavy atom. The van der Waals surface area contributed by atoms with Gasteiger partial charge in [-0.2, -0.15) is 0 Å². The standard InChI is InChI=1S/C7H14O2/c1-5(8)4-6-7(2,3)9-6/h5-6,8H,4H2,1-3H3.